The molecule has 0 N–H and O–H groups in total. The van der Waals surface area contributed by atoms with Gasteiger partial charge in [-0.3, -0.25) is 0 Å². The van der Waals surface area contributed by atoms with Gasteiger partial charge in [0.15, 0.2) is 0 Å². The van der Waals surface area contributed by atoms with E-state index in [9.17, 15) is 5.26 Å². The largest absolute Gasteiger partial charge is 0.491 e. The summed E-state index contributed by atoms with van der Waals surface area (Å²) >= 11 is 1.79. The molecule has 28 heavy (non-hydrogen) atoms. The summed E-state index contributed by atoms with van der Waals surface area (Å²) in [6.45, 7) is 17.1. The number of rotatable bonds is 14. The normalized spacial score (nSPS) is 12.2. The topological polar surface area (TPSA) is 33.0 Å². The molecule has 160 valence electrons. The Morgan fingerprint density at radius 1 is 0.893 bits per heavy atom. The van der Waals surface area contributed by atoms with Crippen LogP contribution in [0, 0.1) is 11.3 Å². The highest BCUT2D eigenvalue weighted by atomic mass is 32.1. The monoisotopic (exact) mass is 421 g/mol. The minimum absolute atomic E-state index is 0.610. The van der Waals surface area contributed by atoms with Gasteiger partial charge in [0.2, 0.25) is 0 Å². The number of unbranched alkanes of at least 4 members (excludes halogenated alkanes) is 7. The highest BCUT2D eigenvalue weighted by molar-refractivity contribution is 7.27. The molecule has 0 unspecified atom stereocenters. The van der Waals surface area contributed by atoms with Gasteiger partial charge in [0.25, 0.3) is 0 Å². The number of hydrogen-bond donors (Lipinski definition) is 0. The van der Waals surface area contributed by atoms with Crippen LogP contribution >= 0.6 is 11.3 Å². The Morgan fingerprint density at radius 3 is 1.86 bits per heavy atom. The molecule has 0 fully saturated rings. The third-order valence-electron chi connectivity index (χ3n) is 6.38. The van der Waals surface area contributed by atoms with Crippen LogP contribution < -0.4 is 9.24 Å². The van der Waals surface area contributed by atoms with E-state index in [1.165, 1.54) is 49.4 Å². The maximum Gasteiger partial charge on any atom is 0.147 e. The summed E-state index contributed by atoms with van der Waals surface area (Å²) in [6.07, 6.45) is 10.4. The molecular weight excluding hydrogens is 378 g/mol. The Hall–Kier alpha value is -0.793. The molecule has 0 amide bonds. The van der Waals surface area contributed by atoms with Gasteiger partial charge in [0.1, 0.15) is 25.5 Å². The van der Waals surface area contributed by atoms with Crippen molar-refractivity contribution in [3.8, 4) is 11.8 Å². The lowest BCUT2D eigenvalue weighted by atomic mass is 10.1. The van der Waals surface area contributed by atoms with Gasteiger partial charge in [0, 0.05) is 9.88 Å². The maximum atomic E-state index is 9.94. The van der Waals surface area contributed by atoms with Crippen LogP contribution in [0.25, 0.3) is 0 Å². The van der Waals surface area contributed by atoms with E-state index in [0.717, 1.165) is 24.3 Å². The molecule has 0 aliphatic rings. The van der Waals surface area contributed by atoms with Gasteiger partial charge in [-0.05, 0) is 23.0 Å². The van der Waals surface area contributed by atoms with E-state index in [4.69, 9.17) is 4.74 Å². The van der Waals surface area contributed by atoms with Gasteiger partial charge in [-0.15, -0.1) is 11.3 Å². The Balaban J connectivity index is 2.72. The van der Waals surface area contributed by atoms with Crippen molar-refractivity contribution in [3.63, 3.8) is 0 Å². The molecule has 1 aromatic rings. The van der Waals surface area contributed by atoms with Crippen LogP contribution in [0.3, 0.4) is 0 Å². The zero-order chi connectivity index (χ0) is 21.2. The summed E-state index contributed by atoms with van der Waals surface area (Å²) in [5.41, 5.74) is 2.67. The Kier molecular flexibility index (Phi) is 11.5. The standard InChI is InChI=1S/C24H43NOSSi/c1-8-9-10-11-12-13-14-15-16-26-23-18-27-24(22(23)17-25)28(19(2)3,20(4)5)21(6)7/h18-21H,8-16H2,1-7H3. The molecule has 0 spiro atoms. The summed E-state index contributed by atoms with van der Waals surface area (Å²) in [4.78, 5) is 0. The zero-order valence-electron chi connectivity index (χ0n) is 19.4. The third kappa shape index (κ3) is 6.10. The first kappa shape index (κ1) is 25.2. The Morgan fingerprint density at radius 2 is 1.39 bits per heavy atom. The summed E-state index contributed by atoms with van der Waals surface area (Å²) in [6, 6.07) is 2.51. The molecule has 1 heterocycles. The molecule has 2 nitrogen and oxygen atoms in total. The van der Waals surface area contributed by atoms with Crippen molar-refractivity contribution in [2.24, 2.45) is 0 Å². The van der Waals surface area contributed by atoms with E-state index in [0.29, 0.717) is 16.6 Å². The molecule has 4 heteroatoms. The molecule has 0 aliphatic heterocycles. The van der Waals surface area contributed by atoms with Gasteiger partial charge >= 0.3 is 0 Å². The van der Waals surface area contributed by atoms with Crippen molar-refractivity contribution in [3.05, 3.63) is 10.9 Å². The highest BCUT2D eigenvalue weighted by Gasteiger charge is 2.47. The average Bonchev–Trinajstić information content (AvgIpc) is 3.02. The van der Waals surface area contributed by atoms with Crippen LogP contribution in [-0.2, 0) is 0 Å². The number of hydrogen-bond acceptors (Lipinski definition) is 3. The molecule has 0 atom stereocenters. The van der Waals surface area contributed by atoms with Crippen molar-refractivity contribution >= 4 is 23.9 Å². The van der Waals surface area contributed by atoms with Gasteiger partial charge in [0.05, 0.1) is 6.61 Å². The van der Waals surface area contributed by atoms with Crippen molar-refractivity contribution in [1.82, 2.24) is 0 Å². The first-order chi connectivity index (χ1) is 13.3. The fourth-order valence-corrected chi connectivity index (χ4v) is 15.1. The minimum Gasteiger partial charge on any atom is -0.491 e. The first-order valence-electron chi connectivity index (χ1n) is 11.5. The van der Waals surface area contributed by atoms with Crippen LogP contribution in [0.2, 0.25) is 16.6 Å². The van der Waals surface area contributed by atoms with Crippen LogP contribution in [0.1, 0.15) is 105 Å². The number of nitriles is 1. The Labute approximate surface area is 179 Å². The highest BCUT2D eigenvalue weighted by Crippen LogP contribution is 2.44. The van der Waals surface area contributed by atoms with Crippen LogP contribution in [0.15, 0.2) is 5.38 Å². The summed E-state index contributed by atoms with van der Waals surface area (Å²) in [5.74, 6) is 0.837. The van der Waals surface area contributed by atoms with E-state index >= 15 is 0 Å². The van der Waals surface area contributed by atoms with Gasteiger partial charge < -0.3 is 4.74 Å². The smallest absolute Gasteiger partial charge is 0.147 e. The van der Waals surface area contributed by atoms with E-state index in [1.54, 1.807) is 11.3 Å². The predicted molar refractivity (Wildman–Crippen MR) is 128 cm³/mol. The first-order valence-corrected chi connectivity index (χ1v) is 14.6. The van der Waals surface area contributed by atoms with E-state index in [-0.39, 0.29) is 0 Å². The lowest BCUT2D eigenvalue weighted by Gasteiger charge is -2.42. The number of nitrogens with zero attached hydrogens (tertiary/aromatic N) is 1. The third-order valence-corrected chi connectivity index (χ3v) is 15.3. The van der Waals surface area contributed by atoms with E-state index in [1.807, 2.05) is 0 Å². The molecule has 0 aromatic carbocycles. The van der Waals surface area contributed by atoms with E-state index in [2.05, 4.69) is 59.9 Å². The molecule has 0 saturated carbocycles. The van der Waals surface area contributed by atoms with Crippen molar-refractivity contribution in [2.45, 2.75) is 116 Å². The van der Waals surface area contributed by atoms with Gasteiger partial charge in [-0.2, -0.15) is 5.26 Å². The Bertz CT molecular complexity index is 578. The number of thiophene rings is 1. The van der Waals surface area contributed by atoms with Crippen LogP contribution in [0.5, 0.6) is 5.75 Å². The lowest BCUT2D eigenvalue weighted by Crippen LogP contribution is -2.55. The number of ether oxygens (including phenoxy) is 1. The summed E-state index contributed by atoms with van der Waals surface area (Å²) in [5, 5.41) is 12.0. The lowest BCUT2D eigenvalue weighted by molar-refractivity contribution is 0.305. The molecule has 1 aromatic heterocycles. The second-order valence-corrected chi connectivity index (χ2v) is 16.2. The molecule has 1 rings (SSSR count). The quantitative estimate of drug-likeness (QED) is 0.225. The molecule has 0 bridgehead atoms. The van der Waals surface area contributed by atoms with Crippen molar-refractivity contribution in [1.29, 1.82) is 5.26 Å². The van der Waals surface area contributed by atoms with Crippen LogP contribution in [0.4, 0.5) is 0 Å². The SMILES string of the molecule is CCCCCCCCCCOc1csc([Si](C(C)C)(C(C)C)C(C)C)c1C#N. The molecule has 0 aliphatic carbocycles. The van der Waals surface area contributed by atoms with Gasteiger partial charge in [-0.25, -0.2) is 0 Å². The van der Waals surface area contributed by atoms with Crippen molar-refractivity contribution < 1.29 is 4.74 Å². The summed E-state index contributed by atoms with van der Waals surface area (Å²) in [7, 11) is -1.81. The molecule has 0 saturated heterocycles. The maximum absolute atomic E-state index is 9.94. The molecular formula is C24H43NOSSi. The predicted octanol–water partition coefficient (Wildman–Crippen LogP) is 8.03. The molecule has 0 radical (unpaired) electrons. The summed E-state index contributed by atoms with van der Waals surface area (Å²) < 4.78 is 7.46. The van der Waals surface area contributed by atoms with Crippen LogP contribution in [-0.4, -0.2) is 14.7 Å². The van der Waals surface area contributed by atoms with Crippen molar-refractivity contribution in [2.75, 3.05) is 6.61 Å². The fraction of sp³-hybridized carbons (Fsp3) is 0.792. The average molecular weight is 422 g/mol. The van der Waals surface area contributed by atoms with Gasteiger partial charge in [-0.1, -0.05) is 93.4 Å². The second-order valence-electron chi connectivity index (χ2n) is 9.14. The fourth-order valence-electron chi connectivity index (χ4n) is 5.08. The van der Waals surface area contributed by atoms with E-state index < -0.39 is 8.07 Å². The minimum atomic E-state index is -1.81. The second kappa shape index (κ2) is 12.7. The zero-order valence-corrected chi connectivity index (χ0v) is 21.3.